The van der Waals surface area contributed by atoms with Crippen LogP contribution < -0.4 is 5.32 Å². The first-order valence-electron chi connectivity index (χ1n) is 9.62. The van der Waals surface area contributed by atoms with Crippen molar-refractivity contribution in [2.45, 2.75) is 19.3 Å². The Labute approximate surface area is 169 Å². The summed E-state index contributed by atoms with van der Waals surface area (Å²) in [7, 11) is 0. The van der Waals surface area contributed by atoms with E-state index in [-0.39, 0.29) is 5.91 Å². The van der Waals surface area contributed by atoms with Crippen LogP contribution in [0.15, 0.2) is 53.1 Å². The summed E-state index contributed by atoms with van der Waals surface area (Å²) in [6, 6.07) is 12.7. The lowest BCUT2D eigenvalue weighted by molar-refractivity contribution is 0.0939. The van der Waals surface area contributed by atoms with Gasteiger partial charge in [-0.3, -0.25) is 4.79 Å². The number of aromatic nitrogens is 2. The van der Waals surface area contributed by atoms with Gasteiger partial charge in [0, 0.05) is 19.2 Å². The van der Waals surface area contributed by atoms with E-state index in [1.807, 2.05) is 24.3 Å². The molecule has 1 amide bonds. The van der Waals surface area contributed by atoms with Gasteiger partial charge >= 0.3 is 0 Å². The number of nitrogens with one attached hydrogen (secondary N) is 1. The minimum absolute atomic E-state index is 0.178. The maximum atomic E-state index is 12.9. The molecular formula is C21H23ClN4O2. The van der Waals surface area contributed by atoms with Gasteiger partial charge in [0.1, 0.15) is 11.4 Å². The molecule has 4 rings (SSSR count). The maximum absolute atomic E-state index is 12.9. The van der Waals surface area contributed by atoms with E-state index in [0.29, 0.717) is 34.4 Å². The topological polar surface area (TPSA) is 63.3 Å². The Morgan fingerprint density at radius 3 is 2.71 bits per heavy atom. The number of para-hydroxylation sites is 1. The number of nitrogens with zero attached hydrogens (tertiary/aromatic N) is 3. The number of carbonyl (C=O) groups is 1. The molecular weight excluding hydrogens is 376 g/mol. The number of halogens is 1. The highest BCUT2D eigenvalue weighted by Crippen LogP contribution is 2.25. The van der Waals surface area contributed by atoms with Gasteiger partial charge in [0.25, 0.3) is 5.91 Å². The summed E-state index contributed by atoms with van der Waals surface area (Å²) in [6.45, 7) is 3.67. The average molecular weight is 399 g/mol. The molecule has 2 aromatic heterocycles. The van der Waals surface area contributed by atoms with Crippen molar-refractivity contribution in [3.05, 3.63) is 59.4 Å². The summed E-state index contributed by atoms with van der Waals surface area (Å²) in [4.78, 5) is 15.3. The molecule has 3 heterocycles. The van der Waals surface area contributed by atoms with Crippen LogP contribution in [0.2, 0.25) is 5.02 Å². The van der Waals surface area contributed by atoms with Crippen molar-refractivity contribution >= 4 is 17.5 Å². The predicted octanol–water partition coefficient (Wildman–Crippen LogP) is 4.00. The molecule has 0 unspecified atom stereocenters. The fourth-order valence-corrected chi connectivity index (χ4v) is 3.71. The highest BCUT2D eigenvalue weighted by molar-refractivity contribution is 6.32. The van der Waals surface area contributed by atoms with Crippen LogP contribution in [-0.4, -0.2) is 46.8 Å². The summed E-state index contributed by atoms with van der Waals surface area (Å²) < 4.78 is 7.03. The van der Waals surface area contributed by atoms with Gasteiger partial charge in [-0.15, -0.1) is 0 Å². The molecule has 1 aliphatic rings. The van der Waals surface area contributed by atoms with Crippen molar-refractivity contribution < 1.29 is 9.21 Å². The lowest BCUT2D eigenvalue weighted by Gasteiger charge is -2.26. The molecule has 1 aromatic carbocycles. The van der Waals surface area contributed by atoms with E-state index in [9.17, 15) is 4.79 Å². The average Bonchev–Trinajstić information content (AvgIpc) is 3.39. The summed E-state index contributed by atoms with van der Waals surface area (Å²) >= 11 is 6.35. The molecule has 1 N–H and O–H groups in total. The number of likely N-dealkylation sites (tertiary alicyclic amines) is 1. The van der Waals surface area contributed by atoms with Crippen LogP contribution in [0, 0.1) is 0 Å². The Hall–Kier alpha value is -2.57. The summed E-state index contributed by atoms with van der Waals surface area (Å²) in [6.07, 6.45) is 5.36. The SMILES string of the molecule is O=C(NCCN1CCCCC1)c1cc(-c2ccco2)nn1-c1ccccc1Cl. The van der Waals surface area contributed by atoms with E-state index >= 15 is 0 Å². The molecule has 1 saturated heterocycles. The van der Waals surface area contributed by atoms with Crippen LogP contribution in [0.5, 0.6) is 0 Å². The van der Waals surface area contributed by atoms with Crippen LogP contribution in [0.3, 0.4) is 0 Å². The maximum Gasteiger partial charge on any atom is 0.270 e. The summed E-state index contributed by atoms with van der Waals surface area (Å²) in [5.74, 6) is 0.426. The number of amides is 1. The second-order valence-electron chi connectivity index (χ2n) is 6.91. The molecule has 3 aromatic rings. The number of rotatable bonds is 6. The molecule has 0 saturated carbocycles. The smallest absolute Gasteiger partial charge is 0.270 e. The quantitative estimate of drug-likeness (QED) is 0.681. The number of carbonyl (C=O) groups excluding carboxylic acids is 1. The lowest BCUT2D eigenvalue weighted by atomic mass is 10.1. The first-order chi connectivity index (χ1) is 13.7. The third-order valence-corrected chi connectivity index (χ3v) is 5.28. The van der Waals surface area contributed by atoms with E-state index in [1.54, 1.807) is 29.1 Å². The Morgan fingerprint density at radius 1 is 1.14 bits per heavy atom. The van der Waals surface area contributed by atoms with Crippen molar-refractivity contribution in [1.82, 2.24) is 20.0 Å². The van der Waals surface area contributed by atoms with Crippen molar-refractivity contribution in [2.75, 3.05) is 26.2 Å². The number of furan rings is 1. The Morgan fingerprint density at radius 2 is 1.96 bits per heavy atom. The zero-order valence-corrected chi connectivity index (χ0v) is 16.4. The number of hydrogen-bond donors (Lipinski definition) is 1. The Balaban J connectivity index is 1.56. The van der Waals surface area contributed by atoms with Crippen LogP contribution in [0.1, 0.15) is 29.8 Å². The fraction of sp³-hybridized carbons (Fsp3) is 0.333. The van der Waals surface area contributed by atoms with Crippen molar-refractivity contribution in [3.63, 3.8) is 0 Å². The second-order valence-corrected chi connectivity index (χ2v) is 7.32. The van der Waals surface area contributed by atoms with Crippen molar-refractivity contribution in [3.8, 4) is 17.1 Å². The van der Waals surface area contributed by atoms with Crippen molar-refractivity contribution in [1.29, 1.82) is 0 Å². The zero-order chi connectivity index (χ0) is 19.3. The van der Waals surface area contributed by atoms with E-state index in [2.05, 4.69) is 15.3 Å². The molecule has 146 valence electrons. The van der Waals surface area contributed by atoms with E-state index in [1.165, 1.54) is 19.3 Å². The molecule has 0 spiro atoms. The minimum atomic E-state index is -0.178. The van der Waals surface area contributed by atoms with Gasteiger partial charge in [0.15, 0.2) is 5.76 Å². The second kappa shape index (κ2) is 8.63. The third-order valence-electron chi connectivity index (χ3n) is 4.96. The number of hydrogen-bond acceptors (Lipinski definition) is 4. The standard InChI is InChI=1S/C21H23ClN4O2/c22-16-7-2-3-8-18(16)26-19(15-17(24-26)20-9-6-14-28-20)21(27)23-10-13-25-11-4-1-5-12-25/h2-3,6-9,14-15H,1,4-5,10-13H2,(H,23,27). The van der Waals surface area contributed by atoms with Gasteiger partial charge in [-0.2, -0.15) is 5.10 Å². The number of benzene rings is 1. The first-order valence-corrected chi connectivity index (χ1v) is 9.99. The Bertz CT molecular complexity index is 930. The van der Waals surface area contributed by atoms with Gasteiger partial charge in [0.2, 0.25) is 0 Å². The summed E-state index contributed by atoms with van der Waals surface area (Å²) in [5.41, 5.74) is 1.67. The van der Waals surface area contributed by atoms with Crippen LogP contribution in [0.4, 0.5) is 0 Å². The van der Waals surface area contributed by atoms with Crippen LogP contribution in [-0.2, 0) is 0 Å². The highest BCUT2D eigenvalue weighted by Gasteiger charge is 2.20. The predicted molar refractivity (Wildman–Crippen MR) is 109 cm³/mol. The van der Waals surface area contributed by atoms with Gasteiger partial charge in [-0.1, -0.05) is 30.2 Å². The first kappa shape index (κ1) is 18.8. The van der Waals surface area contributed by atoms with Gasteiger partial charge in [-0.25, -0.2) is 4.68 Å². The molecule has 0 aliphatic carbocycles. The van der Waals surface area contributed by atoms with E-state index < -0.39 is 0 Å². The highest BCUT2D eigenvalue weighted by atomic mass is 35.5. The molecule has 0 bridgehead atoms. The minimum Gasteiger partial charge on any atom is -0.463 e. The van der Waals surface area contributed by atoms with Crippen molar-refractivity contribution in [2.24, 2.45) is 0 Å². The fourth-order valence-electron chi connectivity index (χ4n) is 3.50. The molecule has 7 heteroatoms. The summed E-state index contributed by atoms with van der Waals surface area (Å²) in [5, 5.41) is 8.12. The molecule has 1 aliphatic heterocycles. The molecule has 0 radical (unpaired) electrons. The molecule has 28 heavy (non-hydrogen) atoms. The normalized spacial score (nSPS) is 14.9. The molecule has 0 atom stereocenters. The number of piperidine rings is 1. The van der Waals surface area contributed by atoms with Gasteiger partial charge < -0.3 is 14.6 Å². The molecule has 6 nitrogen and oxygen atoms in total. The third kappa shape index (κ3) is 4.13. The Kier molecular flexibility index (Phi) is 5.78. The van der Waals surface area contributed by atoms with Crippen LogP contribution in [0.25, 0.3) is 17.1 Å². The van der Waals surface area contributed by atoms with E-state index in [4.69, 9.17) is 16.0 Å². The van der Waals surface area contributed by atoms with Gasteiger partial charge in [-0.05, 0) is 50.2 Å². The lowest BCUT2D eigenvalue weighted by Crippen LogP contribution is -2.38. The molecule has 1 fully saturated rings. The van der Waals surface area contributed by atoms with E-state index in [0.717, 1.165) is 19.6 Å². The largest absolute Gasteiger partial charge is 0.463 e. The monoisotopic (exact) mass is 398 g/mol. The zero-order valence-electron chi connectivity index (χ0n) is 15.6. The van der Waals surface area contributed by atoms with Crippen LogP contribution >= 0.6 is 11.6 Å². The van der Waals surface area contributed by atoms with Gasteiger partial charge in [0.05, 0.1) is 17.0 Å².